The fourth-order valence-electron chi connectivity index (χ4n) is 3.63. The van der Waals surface area contributed by atoms with E-state index in [0.29, 0.717) is 12.3 Å². The van der Waals surface area contributed by atoms with E-state index in [1.165, 1.54) is 0 Å². The molecule has 0 aromatic heterocycles. The summed E-state index contributed by atoms with van der Waals surface area (Å²) >= 11 is 0. The summed E-state index contributed by atoms with van der Waals surface area (Å²) in [6.07, 6.45) is 1.66. The van der Waals surface area contributed by atoms with Crippen molar-refractivity contribution in [2.75, 3.05) is 51.3 Å². The van der Waals surface area contributed by atoms with Gasteiger partial charge in [0.2, 0.25) is 0 Å². The van der Waals surface area contributed by atoms with Crippen LogP contribution in [0.3, 0.4) is 0 Å². The van der Waals surface area contributed by atoms with E-state index in [9.17, 15) is 0 Å². The average Bonchev–Trinajstić information content (AvgIpc) is 2.63. The third-order valence-electron chi connectivity index (χ3n) is 4.91. The number of anilines is 1. The average molecular weight is 373 g/mol. The van der Waals surface area contributed by atoms with Gasteiger partial charge in [0.1, 0.15) is 0 Å². The molecule has 1 aromatic rings. The highest BCUT2D eigenvalue weighted by Gasteiger charge is 2.34. The Hall–Kier alpha value is -1.65. The van der Waals surface area contributed by atoms with Crippen LogP contribution >= 0.6 is 0 Å². The molecule has 2 atom stereocenters. The van der Waals surface area contributed by atoms with Gasteiger partial charge in [-0.15, -0.1) is 0 Å². The lowest BCUT2D eigenvalue weighted by Crippen LogP contribution is -2.60. The Morgan fingerprint density at radius 3 is 2.33 bits per heavy atom. The first-order chi connectivity index (χ1) is 12.9. The standard InChI is InChI=1S/C21H32N4O2/c1-21(2,3)26-16-25-14-19-12-24(13-20(15-25)27-19)10-4-9-23-18-7-5-17(11-22)6-8-18/h5-8,19-20,23H,4,9-10,12-16H2,1-3H3. The van der Waals surface area contributed by atoms with E-state index in [1.807, 2.05) is 24.3 Å². The topological polar surface area (TPSA) is 60.8 Å². The first-order valence-electron chi connectivity index (χ1n) is 9.89. The number of benzene rings is 1. The molecule has 0 radical (unpaired) electrons. The zero-order chi connectivity index (χ0) is 19.3. The van der Waals surface area contributed by atoms with Crippen LogP contribution in [0.4, 0.5) is 5.69 Å². The molecule has 148 valence electrons. The maximum atomic E-state index is 8.84. The molecule has 2 bridgehead atoms. The highest BCUT2D eigenvalue weighted by atomic mass is 16.5. The predicted octanol–water partition coefficient (Wildman–Crippen LogP) is 2.52. The van der Waals surface area contributed by atoms with E-state index in [-0.39, 0.29) is 17.8 Å². The van der Waals surface area contributed by atoms with Gasteiger partial charge in [0.05, 0.1) is 36.2 Å². The van der Waals surface area contributed by atoms with Crippen molar-refractivity contribution >= 4 is 5.69 Å². The van der Waals surface area contributed by atoms with Crippen LogP contribution in [0.15, 0.2) is 24.3 Å². The van der Waals surface area contributed by atoms with Crippen LogP contribution in [-0.2, 0) is 9.47 Å². The van der Waals surface area contributed by atoms with Crippen LogP contribution in [0.5, 0.6) is 0 Å². The van der Waals surface area contributed by atoms with Gasteiger partial charge in [-0.05, 0) is 51.5 Å². The summed E-state index contributed by atoms with van der Waals surface area (Å²) in [5, 5.41) is 12.3. The van der Waals surface area contributed by atoms with Crippen molar-refractivity contribution in [3.05, 3.63) is 29.8 Å². The Kier molecular flexibility index (Phi) is 6.72. The molecule has 0 saturated carbocycles. The van der Waals surface area contributed by atoms with Gasteiger partial charge in [0, 0.05) is 45.0 Å². The zero-order valence-electron chi connectivity index (χ0n) is 16.8. The third kappa shape index (κ3) is 6.47. The molecular formula is C21H32N4O2. The minimum Gasteiger partial charge on any atom is -0.385 e. The molecule has 2 saturated heterocycles. The van der Waals surface area contributed by atoms with E-state index in [4.69, 9.17) is 14.7 Å². The van der Waals surface area contributed by atoms with Crippen molar-refractivity contribution in [3.63, 3.8) is 0 Å². The quantitative estimate of drug-likeness (QED) is 0.742. The minimum atomic E-state index is -0.0959. The number of nitriles is 1. The number of nitrogens with one attached hydrogen (secondary N) is 1. The van der Waals surface area contributed by atoms with Gasteiger partial charge in [0.25, 0.3) is 0 Å². The molecule has 0 spiro atoms. The smallest absolute Gasteiger partial charge is 0.0999 e. The summed E-state index contributed by atoms with van der Waals surface area (Å²) in [6, 6.07) is 9.77. The Morgan fingerprint density at radius 1 is 1.11 bits per heavy atom. The maximum Gasteiger partial charge on any atom is 0.0999 e. The molecule has 6 nitrogen and oxygen atoms in total. The zero-order valence-corrected chi connectivity index (χ0v) is 16.8. The SMILES string of the molecule is CC(C)(C)OCN1CC2CN(CCCNc3ccc(C#N)cc3)CC(C1)O2. The summed E-state index contributed by atoms with van der Waals surface area (Å²) in [7, 11) is 0. The first-order valence-corrected chi connectivity index (χ1v) is 9.89. The molecule has 2 heterocycles. The Labute approximate surface area is 163 Å². The third-order valence-corrected chi connectivity index (χ3v) is 4.91. The fourth-order valence-corrected chi connectivity index (χ4v) is 3.63. The molecule has 27 heavy (non-hydrogen) atoms. The highest BCUT2D eigenvalue weighted by molar-refractivity contribution is 5.47. The van der Waals surface area contributed by atoms with Crippen molar-refractivity contribution < 1.29 is 9.47 Å². The number of nitrogens with zero attached hydrogens (tertiary/aromatic N) is 3. The van der Waals surface area contributed by atoms with Gasteiger partial charge < -0.3 is 14.8 Å². The van der Waals surface area contributed by atoms with Crippen molar-refractivity contribution in [1.29, 1.82) is 5.26 Å². The minimum absolute atomic E-state index is 0.0959. The van der Waals surface area contributed by atoms with Crippen LogP contribution < -0.4 is 5.32 Å². The lowest BCUT2D eigenvalue weighted by Gasteiger charge is -2.46. The van der Waals surface area contributed by atoms with Crippen molar-refractivity contribution in [3.8, 4) is 6.07 Å². The first kappa shape index (κ1) is 20.1. The molecule has 2 fully saturated rings. The second-order valence-corrected chi connectivity index (χ2v) is 8.53. The number of ether oxygens (including phenoxy) is 2. The molecule has 6 heteroatoms. The monoisotopic (exact) mass is 372 g/mol. The Bertz CT molecular complexity index is 621. The van der Waals surface area contributed by atoms with Gasteiger partial charge in [0.15, 0.2) is 0 Å². The predicted molar refractivity (Wildman–Crippen MR) is 107 cm³/mol. The van der Waals surface area contributed by atoms with Gasteiger partial charge in [-0.1, -0.05) is 0 Å². The van der Waals surface area contributed by atoms with E-state index < -0.39 is 0 Å². The second-order valence-electron chi connectivity index (χ2n) is 8.53. The van der Waals surface area contributed by atoms with E-state index in [1.54, 1.807) is 0 Å². The normalized spacial score (nSPS) is 23.8. The fraction of sp³-hybridized carbons (Fsp3) is 0.667. The van der Waals surface area contributed by atoms with Gasteiger partial charge in [-0.25, -0.2) is 0 Å². The van der Waals surface area contributed by atoms with Crippen LogP contribution in [0.1, 0.15) is 32.8 Å². The molecule has 1 N–H and O–H groups in total. The summed E-state index contributed by atoms with van der Waals surface area (Å²) in [4.78, 5) is 4.91. The van der Waals surface area contributed by atoms with Crippen molar-refractivity contribution in [1.82, 2.24) is 9.80 Å². The van der Waals surface area contributed by atoms with Crippen LogP contribution in [-0.4, -0.2) is 73.6 Å². The molecular weight excluding hydrogens is 340 g/mol. The summed E-state index contributed by atoms with van der Waals surface area (Å²) < 4.78 is 12.1. The summed E-state index contributed by atoms with van der Waals surface area (Å²) in [6.45, 7) is 12.9. The van der Waals surface area contributed by atoms with Crippen molar-refractivity contribution in [2.45, 2.75) is 45.0 Å². The van der Waals surface area contributed by atoms with Crippen LogP contribution in [0.25, 0.3) is 0 Å². The largest absolute Gasteiger partial charge is 0.385 e. The molecule has 1 aromatic carbocycles. The van der Waals surface area contributed by atoms with E-state index in [2.05, 4.69) is 42.0 Å². The summed E-state index contributed by atoms with van der Waals surface area (Å²) in [5.74, 6) is 0. The number of morpholine rings is 2. The van der Waals surface area contributed by atoms with Crippen LogP contribution in [0.2, 0.25) is 0 Å². The van der Waals surface area contributed by atoms with Gasteiger partial charge in [-0.2, -0.15) is 5.26 Å². The molecule has 2 aliphatic rings. The lowest BCUT2D eigenvalue weighted by atomic mass is 10.1. The molecule has 0 amide bonds. The van der Waals surface area contributed by atoms with Crippen LogP contribution in [0, 0.1) is 11.3 Å². The van der Waals surface area contributed by atoms with Gasteiger partial charge >= 0.3 is 0 Å². The number of hydrogen-bond donors (Lipinski definition) is 1. The Balaban J connectivity index is 1.35. The molecule has 2 aliphatic heterocycles. The molecule has 0 aliphatic carbocycles. The highest BCUT2D eigenvalue weighted by Crippen LogP contribution is 2.20. The van der Waals surface area contributed by atoms with Crippen molar-refractivity contribution in [2.24, 2.45) is 0 Å². The second kappa shape index (κ2) is 9.03. The molecule has 2 unspecified atom stereocenters. The lowest BCUT2D eigenvalue weighted by molar-refractivity contribution is -0.167. The number of hydrogen-bond acceptors (Lipinski definition) is 6. The summed E-state index contributed by atoms with van der Waals surface area (Å²) in [5.41, 5.74) is 1.67. The van der Waals surface area contributed by atoms with Gasteiger partial charge in [-0.3, -0.25) is 9.80 Å². The number of fused-ring (bicyclic) bond motifs is 2. The van der Waals surface area contributed by atoms with E-state index in [0.717, 1.165) is 51.4 Å². The Morgan fingerprint density at radius 2 is 1.74 bits per heavy atom. The maximum absolute atomic E-state index is 8.84. The number of rotatable bonds is 7. The van der Waals surface area contributed by atoms with E-state index >= 15 is 0 Å². The molecule has 3 rings (SSSR count).